The Morgan fingerprint density at radius 2 is 1.62 bits per heavy atom. The van der Waals surface area contributed by atoms with Gasteiger partial charge in [-0.1, -0.05) is 43.1 Å². The van der Waals surface area contributed by atoms with Crippen LogP contribution in [0.2, 0.25) is 10.0 Å². The van der Waals surface area contributed by atoms with Gasteiger partial charge in [-0.15, -0.1) is 0 Å². The number of nitrogens with zero attached hydrogens (tertiary/aromatic N) is 2. The Hall–Kier alpha value is -0.810. The van der Waals surface area contributed by atoms with E-state index in [9.17, 15) is 4.79 Å². The van der Waals surface area contributed by atoms with Crippen molar-refractivity contribution in [3.05, 3.63) is 33.8 Å². The van der Waals surface area contributed by atoms with Crippen LogP contribution in [0.4, 0.5) is 0 Å². The highest BCUT2D eigenvalue weighted by atomic mass is 35.5. The second kappa shape index (κ2) is 9.26. The lowest BCUT2D eigenvalue weighted by molar-refractivity contribution is -0.138. The Morgan fingerprint density at radius 3 is 2.10 bits per heavy atom. The number of carboxylic acid groups (broad SMARTS) is 1. The predicted molar refractivity (Wildman–Crippen MR) is 87.2 cm³/mol. The third kappa shape index (κ3) is 6.22. The van der Waals surface area contributed by atoms with Crippen LogP contribution >= 0.6 is 23.2 Å². The number of carbonyl (C=O) groups is 1. The molecule has 21 heavy (non-hydrogen) atoms. The molecular weight excluding hydrogens is 311 g/mol. The third-order valence-electron chi connectivity index (χ3n) is 3.43. The van der Waals surface area contributed by atoms with Crippen molar-refractivity contribution in [2.45, 2.75) is 20.4 Å². The third-order valence-corrected chi connectivity index (χ3v) is 4.14. The van der Waals surface area contributed by atoms with Gasteiger partial charge in [0.15, 0.2) is 0 Å². The van der Waals surface area contributed by atoms with Crippen molar-refractivity contribution in [2.75, 3.05) is 32.7 Å². The van der Waals surface area contributed by atoms with E-state index >= 15 is 0 Å². The molecule has 0 radical (unpaired) electrons. The largest absolute Gasteiger partial charge is 0.480 e. The van der Waals surface area contributed by atoms with Gasteiger partial charge in [-0.05, 0) is 25.2 Å². The fraction of sp³-hybridized carbons (Fsp3) is 0.533. The van der Waals surface area contributed by atoms with Gasteiger partial charge in [0, 0.05) is 35.2 Å². The molecule has 0 atom stereocenters. The summed E-state index contributed by atoms with van der Waals surface area (Å²) < 4.78 is 0. The molecule has 6 heteroatoms. The normalized spacial score (nSPS) is 11.3. The molecule has 4 nitrogen and oxygen atoms in total. The summed E-state index contributed by atoms with van der Waals surface area (Å²) in [6, 6.07) is 5.32. The maximum absolute atomic E-state index is 11.0. The summed E-state index contributed by atoms with van der Waals surface area (Å²) >= 11 is 12.3. The van der Waals surface area contributed by atoms with Crippen LogP contribution in [0.1, 0.15) is 19.4 Å². The Kier molecular flexibility index (Phi) is 8.04. The van der Waals surface area contributed by atoms with Crippen LogP contribution in [0, 0.1) is 0 Å². The van der Waals surface area contributed by atoms with Crippen LogP contribution < -0.4 is 0 Å². The Labute approximate surface area is 136 Å². The summed E-state index contributed by atoms with van der Waals surface area (Å²) in [7, 11) is 0. The van der Waals surface area contributed by atoms with Gasteiger partial charge in [0.1, 0.15) is 0 Å². The van der Waals surface area contributed by atoms with Crippen LogP contribution in [-0.4, -0.2) is 53.6 Å². The molecule has 0 fully saturated rings. The maximum atomic E-state index is 11.0. The zero-order valence-electron chi connectivity index (χ0n) is 12.5. The molecule has 1 aromatic rings. The van der Waals surface area contributed by atoms with Crippen LogP contribution in [0.25, 0.3) is 0 Å². The van der Waals surface area contributed by atoms with E-state index in [1.807, 2.05) is 4.90 Å². The molecule has 0 aromatic heterocycles. The fourth-order valence-corrected chi connectivity index (χ4v) is 2.65. The minimum atomic E-state index is -0.849. The van der Waals surface area contributed by atoms with E-state index in [2.05, 4.69) is 18.7 Å². The van der Waals surface area contributed by atoms with Crippen molar-refractivity contribution in [3.8, 4) is 0 Å². The molecule has 118 valence electrons. The lowest BCUT2D eigenvalue weighted by Crippen LogP contribution is -2.37. The maximum Gasteiger partial charge on any atom is 0.317 e. The highest BCUT2D eigenvalue weighted by Gasteiger charge is 2.15. The van der Waals surface area contributed by atoms with E-state index in [0.717, 1.165) is 25.2 Å². The standard InChI is InChI=1S/C15H22Cl2N2O2/c1-3-18(4-2)8-9-19(11-15(20)21)10-12-13(16)6-5-7-14(12)17/h5-7H,3-4,8-11H2,1-2H3,(H,20,21). The van der Waals surface area contributed by atoms with Crippen LogP contribution in [0.5, 0.6) is 0 Å². The van der Waals surface area contributed by atoms with Crippen molar-refractivity contribution in [1.29, 1.82) is 0 Å². The topological polar surface area (TPSA) is 43.8 Å². The number of likely N-dealkylation sites (N-methyl/N-ethyl adjacent to an activating group) is 1. The van der Waals surface area contributed by atoms with Crippen molar-refractivity contribution in [1.82, 2.24) is 9.80 Å². The SMILES string of the molecule is CCN(CC)CCN(CC(=O)O)Cc1c(Cl)cccc1Cl. The van der Waals surface area contributed by atoms with E-state index < -0.39 is 5.97 Å². The zero-order valence-corrected chi connectivity index (χ0v) is 14.0. The fourth-order valence-electron chi connectivity index (χ4n) is 2.13. The summed E-state index contributed by atoms with van der Waals surface area (Å²) in [5, 5.41) is 10.2. The van der Waals surface area contributed by atoms with Crippen molar-refractivity contribution in [3.63, 3.8) is 0 Å². The first-order valence-electron chi connectivity index (χ1n) is 7.07. The molecule has 1 aromatic carbocycles. The smallest absolute Gasteiger partial charge is 0.317 e. The second-order valence-electron chi connectivity index (χ2n) is 4.83. The monoisotopic (exact) mass is 332 g/mol. The Balaban J connectivity index is 2.76. The van der Waals surface area contributed by atoms with Crippen LogP contribution in [-0.2, 0) is 11.3 Å². The molecule has 1 N–H and O–H groups in total. The van der Waals surface area contributed by atoms with Crippen LogP contribution in [0.3, 0.4) is 0 Å². The highest BCUT2D eigenvalue weighted by molar-refractivity contribution is 6.35. The van der Waals surface area contributed by atoms with Gasteiger partial charge in [-0.2, -0.15) is 0 Å². The molecular formula is C15H22Cl2N2O2. The van der Waals surface area contributed by atoms with Gasteiger partial charge < -0.3 is 10.0 Å². The first-order valence-corrected chi connectivity index (χ1v) is 7.82. The first-order chi connectivity index (χ1) is 9.97. The van der Waals surface area contributed by atoms with E-state index in [-0.39, 0.29) is 6.54 Å². The van der Waals surface area contributed by atoms with E-state index in [0.29, 0.717) is 23.1 Å². The number of carboxylic acids is 1. The molecule has 0 bridgehead atoms. The van der Waals surface area contributed by atoms with E-state index in [4.69, 9.17) is 28.3 Å². The average Bonchev–Trinajstić information content (AvgIpc) is 2.43. The minimum Gasteiger partial charge on any atom is -0.480 e. The highest BCUT2D eigenvalue weighted by Crippen LogP contribution is 2.25. The number of halogens is 2. The Morgan fingerprint density at radius 1 is 1.10 bits per heavy atom. The van der Waals surface area contributed by atoms with Gasteiger partial charge in [-0.25, -0.2) is 0 Å². The number of rotatable bonds is 9. The number of aliphatic carboxylic acids is 1. The lowest BCUT2D eigenvalue weighted by atomic mass is 10.2. The van der Waals surface area contributed by atoms with Crippen molar-refractivity contribution < 1.29 is 9.90 Å². The molecule has 0 aliphatic carbocycles. The van der Waals surface area contributed by atoms with Gasteiger partial charge >= 0.3 is 5.97 Å². The molecule has 0 spiro atoms. The zero-order chi connectivity index (χ0) is 15.8. The van der Waals surface area contributed by atoms with E-state index in [1.165, 1.54) is 0 Å². The number of benzene rings is 1. The predicted octanol–water partition coefficient (Wildman–Crippen LogP) is 3.22. The van der Waals surface area contributed by atoms with Crippen molar-refractivity contribution >= 4 is 29.2 Å². The average molecular weight is 333 g/mol. The summed E-state index contributed by atoms with van der Waals surface area (Å²) in [6.07, 6.45) is 0. The molecule has 0 saturated heterocycles. The molecule has 0 saturated carbocycles. The summed E-state index contributed by atoms with van der Waals surface area (Å²) in [4.78, 5) is 15.1. The molecule has 0 amide bonds. The van der Waals surface area contributed by atoms with Crippen molar-refractivity contribution in [2.24, 2.45) is 0 Å². The minimum absolute atomic E-state index is 0.0250. The van der Waals surface area contributed by atoms with Gasteiger partial charge in [-0.3, -0.25) is 9.69 Å². The molecule has 1 rings (SSSR count). The summed E-state index contributed by atoms with van der Waals surface area (Å²) in [5.74, 6) is -0.849. The van der Waals surface area contributed by atoms with Gasteiger partial charge in [0.2, 0.25) is 0 Å². The second-order valence-corrected chi connectivity index (χ2v) is 5.65. The molecule has 0 aliphatic heterocycles. The van der Waals surface area contributed by atoms with E-state index in [1.54, 1.807) is 18.2 Å². The Bertz CT molecular complexity index is 445. The molecule has 0 aliphatic rings. The molecule has 0 heterocycles. The summed E-state index contributed by atoms with van der Waals surface area (Å²) in [6.45, 7) is 7.98. The van der Waals surface area contributed by atoms with Gasteiger partial charge in [0.25, 0.3) is 0 Å². The van der Waals surface area contributed by atoms with Crippen LogP contribution in [0.15, 0.2) is 18.2 Å². The number of hydrogen-bond donors (Lipinski definition) is 1. The number of hydrogen-bond acceptors (Lipinski definition) is 3. The van der Waals surface area contributed by atoms with Gasteiger partial charge in [0.05, 0.1) is 6.54 Å². The lowest BCUT2D eigenvalue weighted by Gasteiger charge is -2.25. The first kappa shape index (κ1) is 18.2. The molecule has 0 unspecified atom stereocenters. The summed E-state index contributed by atoms with van der Waals surface area (Å²) in [5.41, 5.74) is 0.779. The quantitative estimate of drug-likeness (QED) is 0.754.